The molecule has 96 valence electrons. The minimum Gasteiger partial charge on any atom is -0.469 e. The second-order valence-electron chi connectivity index (χ2n) is 4.39. The summed E-state index contributed by atoms with van der Waals surface area (Å²) < 4.78 is 10.7. The van der Waals surface area contributed by atoms with Crippen LogP contribution in [0.1, 0.15) is 17.6 Å². The molecule has 0 aliphatic carbocycles. The Bertz CT molecular complexity index is 537. The molecular formula is C12H15N3O2S. The molecule has 3 heterocycles. The summed E-state index contributed by atoms with van der Waals surface area (Å²) >= 11 is 1.91. The molecule has 0 radical (unpaired) electrons. The van der Waals surface area contributed by atoms with E-state index in [9.17, 15) is 0 Å². The van der Waals surface area contributed by atoms with E-state index in [1.54, 1.807) is 6.26 Å². The first-order valence-corrected chi connectivity index (χ1v) is 7.08. The largest absolute Gasteiger partial charge is 0.469 e. The number of aromatic nitrogens is 2. The second-order valence-corrected chi connectivity index (χ2v) is 5.46. The Morgan fingerprint density at radius 1 is 1.44 bits per heavy atom. The van der Waals surface area contributed by atoms with E-state index >= 15 is 0 Å². The van der Waals surface area contributed by atoms with Crippen LogP contribution in [0.5, 0.6) is 0 Å². The van der Waals surface area contributed by atoms with E-state index in [-0.39, 0.29) is 0 Å². The van der Waals surface area contributed by atoms with Crippen molar-refractivity contribution in [3.8, 4) is 11.4 Å². The van der Waals surface area contributed by atoms with E-state index in [4.69, 9.17) is 8.94 Å². The molecule has 2 aromatic heterocycles. The molecule has 0 aromatic carbocycles. The SMILES string of the molecule is CNC1CSCC1c1nc(-c2ccoc2C)no1. The predicted molar refractivity (Wildman–Crippen MR) is 69.7 cm³/mol. The molecule has 1 N–H and O–H groups in total. The van der Waals surface area contributed by atoms with Gasteiger partial charge in [0.25, 0.3) is 0 Å². The molecular weight excluding hydrogens is 250 g/mol. The number of hydrogen-bond donors (Lipinski definition) is 1. The maximum atomic E-state index is 5.40. The van der Waals surface area contributed by atoms with Crippen LogP contribution in [0.15, 0.2) is 21.3 Å². The highest BCUT2D eigenvalue weighted by Crippen LogP contribution is 2.33. The first kappa shape index (κ1) is 11.8. The zero-order valence-electron chi connectivity index (χ0n) is 10.3. The van der Waals surface area contributed by atoms with Gasteiger partial charge in [-0.2, -0.15) is 16.7 Å². The van der Waals surface area contributed by atoms with Gasteiger partial charge in [-0.25, -0.2) is 0 Å². The molecule has 2 aromatic rings. The Morgan fingerprint density at radius 2 is 2.33 bits per heavy atom. The molecule has 5 nitrogen and oxygen atoms in total. The number of likely N-dealkylation sites (N-methyl/N-ethyl adjacent to an activating group) is 1. The summed E-state index contributed by atoms with van der Waals surface area (Å²) in [7, 11) is 1.97. The lowest BCUT2D eigenvalue weighted by molar-refractivity contribution is 0.344. The molecule has 2 atom stereocenters. The first-order chi connectivity index (χ1) is 8.79. The Labute approximate surface area is 109 Å². The first-order valence-electron chi connectivity index (χ1n) is 5.92. The topological polar surface area (TPSA) is 64.1 Å². The zero-order valence-corrected chi connectivity index (χ0v) is 11.2. The van der Waals surface area contributed by atoms with Gasteiger partial charge in [-0.15, -0.1) is 0 Å². The van der Waals surface area contributed by atoms with E-state index < -0.39 is 0 Å². The van der Waals surface area contributed by atoms with Gasteiger partial charge in [0.1, 0.15) is 5.76 Å². The van der Waals surface area contributed by atoms with Crippen LogP contribution in [-0.4, -0.2) is 34.7 Å². The maximum absolute atomic E-state index is 5.40. The molecule has 0 bridgehead atoms. The van der Waals surface area contributed by atoms with E-state index in [0.717, 1.165) is 28.7 Å². The number of nitrogens with one attached hydrogen (secondary N) is 1. The summed E-state index contributed by atoms with van der Waals surface area (Å²) in [6.07, 6.45) is 1.64. The summed E-state index contributed by atoms with van der Waals surface area (Å²) in [6, 6.07) is 2.27. The quantitative estimate of drug-likeness (QED) is 0.916. The van der Waals surface area contributed by atoms with Crippen LogP contribution in [0.25, 0.3) is 11.4 Å². The molecule has 1 saturated heterocycles. The minimum atomic E-state index is 0.299. The Hall–Kier alpha value is -1.27. The fourth-order valence-corrected chi connectivity index (χ4v) is 3.61. The Kier molecular flexibility index (Phi) is 3.13. The van der Waals surface area contributed by atoms with Crippen molar-refractivity contribution in [1.29, 1.82) is 0 Å². The molecule has 0 saturated carbocycles. The summed E-state index contributed by atoms with van der Waals surface area (Å²) in [5.74, 6) is 4.56. The van der Waals surface area contributed by atoms with Gasteiger partial charge in [0.05, 0.1) is 17.7 Å². The fraction of sp³-hybridized carbons (Fsp3) is 0.500. The molecule has 1 aliphatic rings. The summed E-state index contributed by atoms with van der Waals surface area (Å²) in [6.45, 7) is 1.90. The molecule has 3 rings (SSSR count). The summed E-state index contributed by atoms with van der Waals surface area (Å²) in [5.41, 5.74) is 0.900. The van der Waals surface area contributed by atoms with Crippen LogP contribution in [0.4, 0.5) is 0 Å². The second kappa shape index (κ2) is 4.78. The molecule has 1 aliphatic heterocycles. The molecule has 0 spiro atoms. The Morgan fingerprint density at radius 3 is 3.06 bits per heavy atom. The van der Waals surface area contributed by atoms with Crippen molar-refractivity contribution in [2.24, 2.45) is 0 Å². The van der Waals surface area contributed by atoms with E-state index in [1.165, 1.54) is 0 Å². The van der Waals surface area contributed by atoms with E-state index in [0.29, 0.717) is 17.8 Å². The number of hydrogen-bond acceptors (Lipinski definition) is 6. The Balaban J connectivity index is 1.88. The fourth-order valence-electron chi connectivity index (χ4n) is 2.19. The van der Waals surface area contributed by atoms with Crippen molar-refractivity contribution in [2.45, 2.75) is 18.9 Å². The van der Waals surface area contributed by atoms with Gasteiger partial charge < -0.3 is 14.3 Å². The van der Waals surface area contributed by atoms with Gasteiger partial charge in [0, 0.05) is 17.5 Å². The van der Waals surface area contributed by atoms with Crippen LogP contribution in [0.2, 0.25) is 0 Å². The van der Waals surface area contributed by atoms with Crippen molar-refractivity contribution in [3.05, 3.63) is 24.0 Å². The third kappa shape index (κ3) is 1.95. The molecule has 18 heavy (non-hydrogen) atoms. The highest BCUT2D eigenvalue weighted by Gasteiger charge is 2.32. The number of aryl methyl sites for hydroxylation is 1. The van der Waals surface area contributed by atoms with Crippen LogP contribution >= 0.6 is 11.8 Å². The predicted octanol–water partition coefficient (Wildman–Crippen LogP) is 2.06. The monoisotopic (exact) mass is 265 g/mol. The lowest BCUT2D eigenvalue weighted by Gasteiger charge is -2.13. The van der Waals surface area contributed by atoms with Crippen molar-refractivity contribution < 1.29 is 8.94 Å². The lowest BCUT2D eigenvalue weighted by atomic mass is 10.0. The van der Waals surface area contributed by atoms with Gasteiger partial charge in [0.15, 0.2) is 0 Å². The lowest BCUT2D eigenvalue weighted by Crippen LogP contribution is -2.31. The third-order valence-electron chi connectivity index (χ3n) is 3.31. The normalized spacial score (nSPS) is 23.7. The zero-order chi connectivity index (χ0) is 12.5. The van der Waals surface area contributed by atoms with Crippen LogP contribution < -0.4 is 5.32 Å². The maximum Gasteiger partial charge on any atom is 0.232 e. The van der Waals surface area contributed by atoms with Crippen LogP contribution in [-0.2, 0) is 0 Å². The van der Waals surface area contributed by atoms with E-state index in [1.807, 2.05) is 31.8 Å². The minimum absolute atomic E-state index is 0.299. The molecule has 2 unspecified atom stereocenters. The van der Waals surface area contributed by atoms with Crippen LogP contribution in [0, 0.1) is 6.92 Å². The summed E-state index contributed by atoms with van der Waals surface area (Å²) in [5, 5.41) is 7.35. The van der Waals surface area contributed by atoms with Crippen molar-refractivity contribution in [2.75, 3.05) is 18.6 Å². The molecule has 1 fully saturated rings. The van der Waals surface area contributed by atoms with Crippen molar-refractivity contribution >= 4 is 11.8 Å². The van der Waals surface area contributed by atoms with Gasteiger partial charge in [-0.05, 0) is 20.0 Å². The average Bonchev–Trinajstić information content (AvgIpc) is 3.06. The standard InChI is InChI=1S/C12H15N3O2S/c1-7-8(3-4-16-7)11-14-12(17-15-11)9-5-18-6-10(9)13-2/h3-4,9-10,13H,5-6H2,1-2H3. The number of thioether (sulfide) groups is 1. The summed E-state index contributed by atoms with van der Waals surface area (Å²) in [4.78, 5) is 4.50. The molecule has 6 heteroatoms. The smallest absolute Gasteiger partial charge is 0.232 e. The third-order valence-corrected chi connectivity index (χ3v) is 4.50. The average molecular weight is 265 g/mol. The number of nitrogens with zero attached hydrogens (tertiary/aromatic N) is 2. The highest BCUT2D eigenvalue weighted by atomic mass is 32.2. The van der Waals surface area contributed by atoms with Gasteiger partial charge in [-0.3, -0.25) is 0 Å². The van der Waals surface area contributed by atoms with Crippen molar-refractivity contribution in [3.63, 3.8) is 0 Å². The van der Waals surface area contributed by atoms with E-state index in [2.05, 4.69) is 15.5 Å². The van der Waals surface area contributed by atoms with Crippen molar-refractivity contribution in [1.82, 2.24) is 15.5 Å². The van der Waals surface area contributed by atoms with Gasteiger partial charge in [-0.1, -0.05) is 5.16 Å². The number of furan rings is 1. The molecule has 0 amide bonds. The highest BCUT2D eigenvalue weighted by molar-refractivity contribution is 7.99. The number of rotatable bonds is 3. The van der Waals surface area contributed by atoms with Crippen LogP contribution in [0.3, 0.4) is 0 Å². The van der Waals surface area contributed by atoms with Gasteiger partial charge >= 0.3 is 0 Å². The van der Waals surface area contributed by atoms with Gasteiger partial charge in [0.2, 0.25) is 11.7 Å².